The number of hydrogen-bond acceptors (Lipinski definition) is 4. The third-order valence-corrected chi connectivity index (χ3v) is 4.80. The van der Waals surface area contributed by atoms with E-state index in [4.69, 9.17) is 11.6 Å². The lowest BCUT2D eigenvalue weighted by Crippen LogP contribution is -2.39. The van der Waals surface area contributed by atoms with Gasteiger partial charge in [0.1, 0.15) is 11.5 Å². The quantitative estimate of drug-likeness (QED) is 0.768. The van der Waals surface area contributed by atoms with Crippen LogP contribution in [0.2, 0.25) is 5.02 Å². The number of rotatable bonds is 3. The average molecular weight is 368 g/mol. The summed E-state index contributed by atoms with van der Waals surface area (Å²) in [5.74, 6) is 1.58. The third-order valence-electron chi connectivity index (χ3n) is 4.58. The number of carbonyl (C=O) groups excluding carboxylic acids is 1. The summed E-state index contributed by atoms with van der Waals surface area (Å²) in [5, 5.41) is 7.90. The maximum Gasteiger partial charge on any atom is 0.272 e. The molecule has 26 heavy (non-hydrogen) atoms. The standard InChI is InChI=1S/C19H18ClN5O/c20-15-8-9-16(21-11-15)19(26)25-10-4-7-14(12-25)18-22-17(23-24-18)13-5-2-1-3-6-13/h1-3,5-6,8-9,11,14H,4,7,10,12H2,(H,22,23,24). The number of nitrogens with zero attached hydrogens (tertiary/aromatic N) is 4. The molecule has 3 heterocycles. The number of likely N-dealkylation sites (tertiary alicyclic amines) is 1. The van der Waals surface area contributed by atoms with E-state index in [2.05, 4.69) is 20.2 Å². The van der Waals surface area contributed by atoms with Crippen LogP contribution in [0.4, 0.5) is 0 Å². The minimum atomic E-state index is -0.0748. The second-order valence-corrected chi connectivity index (χ2v) is 6.80. The Morgan fingerprint density at radius 2 is 2.04 bits per heavy atom. The summed E-state index contributed by atoms with van der Waals surface area (Å²) in [4.78, 5) is 23.3. The molecule has 0 aliphatic carbocycles. The Balaban J connectivity index is 1.49. The van der Waals surface area contributed by atoms with Crippen LogP contribution in [0.5, 0.6) is 0 Å². The Morgan fingerprint density at radius 3 is 2.81 bits per heavy atom. The second-order valence-electron chi connectivity index (χ2n) is 6.36. The molecule has 1 saturated heterocycles. The highest BCUT2D eigenvalue weighted by Gasteiger charge is 2.28. The number of pyridine rings is 1. The summed E-state index contributed by atoms with van der Waals surface area (Å²) in [6.45, 7) is 1.33. The van der Waals surface area contributed by atoms with Gasteiger partial charge in [0, 0.05) is 30.8 Å². The van der Waals surface area contributed by atoms with Crippen molar-refractivity contribution in [2.24, 2.45) is 0 Å². The van der Waals surface area contributed by atoms with Gasteiger partial charge in [-0.05, 0) is 25.0 Å². The number of nitrogens with one attached hydrogen (secondary N) is 1. The fourth-order valence-corrected chi connectivity index (χ4v) is 3.33. The van der Waals surface area contributed by atoms with Gasteiger partial charge in [0.2, 0.25) is 0 Å². The van der Waals surface area contributed by atoms with Crippen LogP contribution in [0.3, 0.4) is 0 Å². The van der Waals surface area contributed by atoms with Crippen LogP contribution in [0, 0.1) is 0 Å². The van der Waals surface area contributed by atoms with Gasteiger partial charge < -0.3 is 4.90 Å². The third kappa shape index (κ3) is 3.46. The molecule has 1 aromatic carbocycles. The van der Waals surface area contributed by atoms with Crippen molar-refractivity contribution >= 4 is 17.5 Å². The van der Waals surface area contributed by atoms with Crippen LogP contribution < -0.4 is 0 Å². The molecule has 1 unspecified atom stereocenters. The summed E-state index contributed by atoms with van der Waals surface area (Å²) in [5.41, 5.74) is 1.39. The number of aromatic nitrogens is 4. The van der Waals surface area contributed by atoms with Gasteiger partial charge in [0.25, 0.3) is 5.91 Å². The van der Waals surface area contributed by atoms with Gasteiger partial charge in [-0.2, -0.15) is 5.10 Å². The molecule has 0 radical (unpaired) electrons. The number of hydrogen-bond donors (Lipinski definition) is 1. The molecule has 0 bridgehead atoms. The molecule has 1 N–H and O–H groups in total. The zero-order valence-electron chi connectivity index (χ0n) is 14.1. The molecule has 1 fully saturated rings. The molecule has 3 aromatic rings. The van der Waals surface area contributed by atoms with E-state index in [9.17, 15) is 4.79 Å². The first kappa shape index (κ1) is 16.7. The molecule has 132 valence electrons. The summed E-state index contributed by atoms with van der Waals surface area (Å²) in [6, 6.07) is 13.2. The molecular formula is C19H18ClN5O. The van der Waals surface area contributed by atoms with Gasteiger partial charge in [0.05, 0.1) is 5.02 Å². The number of aromatic amines is 1. The van der Waals surface area contributed by atoms with E-state index >= 15 is 0 Å². The van der Waals surface area contributed by atoms with E-state index in [1.54, 1.807) is 12.1 Å². The summed E-state index contributed by atoms with van der Waals surface area (Å²) >= 11 is 5.85. The lowest BCUT2D eigenvalue weighted by Gasteiger charge is -2.31. The highest BCUT2D eigenvalue weighted by Crippen LogP contribution is 2.27. The van der Waals surface area contributed by atoms with Crippen LogP contribution >= 0.6 is 11.6 Å². The number of halogens is 1. The molecule has 2 aromatic heterocycles. The van der Waals surface area contributed by atoms with Gasteiger partial charge in [0.15, 0.2) is 5.82 Å². The van der Waals surface area contributed by atoms with Crippen molar-refractivity contribution in [2.45, 2.75) is 18.8 Å². The van der Waals surface area contributed by atoms with Crippen LogP contribution in [-0.2, 0) is 0 Å². The highest BCUT2D eigenvalue weighted by molar-refractivity contribution is 6.30. The Bertz CT molecular complexity index is 894. The Morgan fingerprint density at radius 1 is 1.19 bits per heavy atom. The van der Waals surface area contributed by atoms with E-state index in [1.807, 2.05) is 35.2 Å². The predicted molar refractivity (Wildman–Crippen MR) is 98.9 cm³/mol. The predicted octanol–water partition coefficient (Wildman–Crippen LogP) is 3.54. The van der Waals surface area contributed by atoms with E-state index in [0.29, 0.717) is 23.1 Å². The normalized spacial score (nSPS) is 17.3. The first-order valence-electron chi connectivity index (χ1n) is 8.59. The smallest absolute Gasteiger partial charge is 0.272 e. The zero-order chi connectivity index (χ0) is 17.9. The van der Waals surface area contributed by atoms with Crippen molar-refractivity contribution in [3.05, 3.63) is 65.2 Å². The van der Waals surface area contributed by atoms with Crippen LogP contribution in [0.15, 0.2) is 48.7 Å². The van der Waals surface area contributed by atoms with Crippen molar-refractivity contribution < 1.29 is 4.79 Å². The molecular weight excluding hydrogens is 350 g/mol. The summed E-state index contributed by atoms with van der Waals surface area (Å²) < 4.78 is 0. The van der Waals surface area contributed by atoms with Gasteiger partial charge in [-0.3, -0.25) is 9.89 Å². The van der Waals surface area contributed by atoms with Gasteiger partial charge in [-0.15, -0.1) is 0 Å². The first-order chi connectivity index (χ1) is 12.7. The largest absolute Gasteiger partial charge is 0.337 e. The Hall–Kier alpha value is -2.73. The van der Waals surface area contributed by atoms with Crippen LogP contribution in [0.1, 0.15) is 35.1 Å². The molecule has 1 aliphatic rings. The Labute approximate surface area is 156 Å². The molecule has 4 rings (SSSR count). The topological polar surface area (TPSA) is 74.8 Å². The number of carbonyl (C=O) groups is 1. The number of piperidine rings is 1. The van der Waals surface area contributed by atoms with Gasteiger partial charge >= 0.3 is 0 Å². The molecule has 1 aliphatic heterocycles. The summed E-state index contributed by atoms with van der Waals surface area (Å²) in [6.07, 6.45) is 3.39. The van der Waals surface area contributed by atoms with E-state index in [-0.39, 0.29) is 11.8 Å². The maximum atomic E-state index is 12.7. The van der Waals surface area contributed by atoms with Crippen molar-refractivity contribution in [3.63, 3.8) is 0 Å². The van der Waals surface area contributed by atoms with Crippen molar-refractivity contribution in [3.8, 4) is 11.4 Å². The van der Waals surface area contributed by atoms with Crippen LogP contribution in [-0.4, -0.2) is 44.1 Å². The fourth-order valence-electron chi connectivity index (χ4n) is 3.22. The van der Waals surface area contributed by atoms with E-state index in [1.165, 1.54) is 6.20 Å². The average Bonchev–Trinajstić information content (AvgIpc) is 3.19. The lowest BCUT2D eigenvalue weighted by molar-refractivity contribution is 0.0698. The maximum absolute atomic E-state index is 12.7. The van der Waals surface area contributed by atoms with Gasteiger partial charge in [-0.1, -0.05) is 41.9 Å². The highest BCUT2D eigenvalue weighted by atomic mass is 35.5. The van der Waals surface area contributed by atoms with E-state index in [0.717, 1.165) is 30.8 Å². The number of benzene rings is 1. The minimum absolute atomic E-state index is 0.0748. The first-order valence-corrected chi connectivity index (χ1v) is 8.97. The minimum Gasteiger partial charge on any atom is -0.337 e. The molecule has 1 atom stereocenters. The van der Waals surface area contributed by atoms with Crippen molar-refractivity contribution in [2.75, 3.05) is 13.1 Å². The monoisotopic (exact) mass is 367 g/mol. The molecule has 0 saturated carbocycles. The SMILES string of the molecule is O=C(c1ccc(Cl)cn1)N1CCCC(c2nc(-c3ccccc3)n[nH]2)C1. The zero-order valence-corrected chi connectivity index (χ0v) is 14.9. The van der Waals surface area contributed by atoms with Crippen molar-refractivity contribution in [1.82, 2.24) is 25.1 Å². The van der Waals surface area contributed by atoms with Gasteiger partial charge in [-0.25, -0.2) is 9.97 Å². The summed E-state index contributed by atoms with van der Waals surface area (Å²) in [7, 11) is 0. The lowest BCUT2D eigenvalue weighted by atomic mass is 9.97. The molecule has 7 heteroatoms. The molecule has 0 spiro atoms. The number of amides is 1. The van der Waals surface area contributed by atoms with E-state index < -0.39 is 0 Å². The second kappa shape index (κ2) is 7.25. The Kier molecular flexibility index (Phi) is 4.67. The fraction of sp³-hybridized carbons (Fsp3) is 0.263. The molecule has 1 amide bonds. The van der Waals surface area contributed by atoms with Crippen LogP contribution in [0.25, 0.3) is 11.4 Å². The van der Waals surface area contributed by atoms with Crippen molar-refractivity contribution in [1.29, 1.82) is 0 Å². The number of H-pyrrole nitrogens is 1. The molecule has 6 nitrogen and oxygen atoms in total.